The van der Waals surface area contributed by atoms with E-state index in [0.29, 0.717) is 6.54 Å². The van der Waals surface area contributed by atoms with Crippen LogP contribution in [0.1, 0.15) is 45.4 Å². The molecule has 1 aliphatic carbocycles. The average Bonchev–Trinajstić information content (AvgIpc) is 2.97. The first kappa shape index (κ1) is 17.1. The Kier molecular flexibility index (Phi) is 5.70. The highest BCUT2D eigenvalue weighted by molar-refractivity contribution is 5.85. The van der Waals surface area contributed by atoms with E-state index >= 15 is 0 Å². The maximum absolute atomic E-state index is 12.6. The number of carbonyl (C=O) groups is 1. The minimum Gasteiger partial charge on any atom is -0.355 e. The monoisotopic (exact) mass is 308 g/mol. The molecule has 1 aliphatic heterocycles. The Morgan fingerprint density at radius 3 is 2.55 bits per heavy atom. The predicted octanol–water partition coefficient (Wildman–Crippen LogP) is 1.94. The molecule has 0 bridgehead atoms. The molecule has 5 heteroatoms. The Bertz CT molecular complexity index is 413. The smallest absolute Gasteiger partial charge is 0.230 e. The van der Waals surface area contributed by atoms with Crippen molar-refractivity contribution in [3.05, 3.63) is 0 Å². The second-order valence-electron chi connectivity index (χ2n) is 7.28. The van der Waals surface area contributed by atoms with Gasteiger partial charge in [-0.05, 0) is 31.6 Å². The molecule has 0 aromatic heterocycles. The van der Waals surface area contributed by atoms with Gasteiger partial charge in [-0.25, -0.2) is 0 Å². The van der Waals surface area contributed by atoms with Gasteiger partial charge in [0.2, 0.25) is 5.91 Å². The van der Waals surface area contributed by atoms with E-state index in [1.807, 2.05) is 21.1 Å². The Balaban J connectivity index is 2.00. The van der Waals surface area contributed by atoms with Gasteiger partial charge < -0.3 is 15.1 Å². The fourth-order valence-electron chi connectivity index (χ4n) is 3.95. The molecule has 5 nitrogen and oxygen atoms in total. The van der Waals surface area contributed by atoms with Crippen molar-refractivity contribution in [3.63, 3.8) is 0 Å². The summed E-state index contributed by atoms with van der Waals surface area (Å²) in [6.07, 6.45) is 6.82. The third kappa shape index (κ3) is 3.73. The number of aliphatic imine (C=N–C) groups is 1. The van der Waals surface area contributed by atoms with Crippen molar-refractivity contribution < 1.29 is 4.79 Å². The molecule has 0 radical (unpaired) electrons. The molecule has 0 aromatic rings. The molecule has 2 rings (SSSR count). The summed E-state index contributed by atoms with van der Waals surface area (Å²) in [5.74, 6) is 1.94. The van der Waals surface area contributed by atoms with Crippen molar-refractivity contribution >= 4 is 11.9 Å². The molecular weight excluding hydrogens is 276 g/mol. The van der Waals surface area contributed by atoms with E-state index in [0.717, 1.165) is 50.7 Å². The molecule has 1 saturated carbocycles. The van der Waals surface area contributed by atoms with Crippen LogP contribution < -0.4 is 5.32 Å². The SMILES string of the molecule is CN=C(NCC1(C(=O)N(C)C)CCCC1)N1CCCC(C)C1. The standard InChI is InChI=1S/C17H32N4O/c1-14-8-7-11-21(12-14)16(18-2)19-13-17(9-5-6-10-17)15(22)20(3)4/h14H,5-13H2,1-4H3,(H,18,19). The lowest BCUT2D eigenvalue weighted by Gasteiger charge is -2.36. The van der Waals surface area contributed by atoms with E-state index in [9.17, 15) is 4.79 Å². The summed E-state index contributed by atoms with van der Waals surface area (Å²) in [4.78, 5) is 21.2. The van der Waals surface area contributed by atoms with Gasteiger partial charge in [0.1, 0.15) is 0 Å². The van der Waals surface area contributed by atoms with Crippen LogP contribution in [-0.4, -0.2) is 62.4 Å². The van der Waals surface area contributed by atoms with Gasteiger partial charge in [0.15, 0.2) is 5.96 Å². The van der Waals surface area contributed by atoms with Crippen molar-refractivity contribution in [2.24, 2.45) is 16.3 Å². The Labute approximate surface area is 135 Å². The predicted molar refractivity (Wildman–Crippen MR) is 90.9 cm³/mol. The van der Waals surface area contributed by atoms with Crippen molar-refractivity contribution in [2.75, 3.05) is 40.8 Å². The molecule has 126 valence electrons. The van der Waals surface area contributed by atoms with E-state index in [-0.39, 0.29) is 11.3 Å². The third-order valence-corrected chi connectivity index (χ3v) is 5.17. The molecular formula is C17H32N4O. The van der Waals surface area contributed by atoms with Crippen molar-refractivity contribution in [1.29, 1.82) is 0 Å². The molecule has 1 unspecified atom stereocenters. The molecule has 2 aliphatic rings. The van der Waals surface area contributed by atoms with Crippen molar-refractivity contribution in [2.45, 2.75) is 45.4 Å². The number of likely N-dealkylation sites (tertiary alicyclic amines) is 1. The third-order valence-electron chi connectivity index (χ3n) is 5.17. The van der Waals surface area contributed by atoms with Crippen LogP contribution in [0.15, 0.2) is 4.99 Å². The number of nitrogens with one attached hydrogen (secondary N) is 1. The van der Waals surface area contributed by atoms with E-state index in [4.69, 9.17) is 0 Å². The van der Waals surface area contributed by atoms with Gasteiger partial charge in [0, 0.05) is 40.8 Å². The summed E-state index contributed by atoms with van der Waals surface area (Å²) < 4.78 is 0. The maximum Gasteiger partial charge on any atom is 0.230 e. The van der Waals surface area contributed by atoms with E-state index < -0.39 is 0 Å². The molecule has 1 N–H and O–H groups in total. The van der Waals surface area contributed by atoms with Gasteiger partial charge in [-0.2, -0.15) is 0 Å². The first-order valence-corrected chi connectivity index (χ1v) is 8.66. The van der Waals surface area contributed by atoms with Crippen molar-refractivity contribution in [1.82, 2.24) is 15.1 Å². The Morgan fingerprint density at radius 1 is 1.32 bits per heavy atom. The molecule has 0 spiro atoms. The van der Waals surface area contributed by atoms with Gasteiger partial charge in [-0.1, -0.05) is 19.8 Å². The first-order chi connectivity index (χ1) is 10.5. The normalized spacial score (nSPS) is 25.2. The molecule has 1 heterocycles. The Hall–Kier alpha value is -1.26. The lowest BCUT2D eigenvalue weighted by Crippen LogP contribution is -2.51. The Morgan fingerprint density at radius 2 is 2.00 bits per heavy atom. The summed E-state index contributed by atoms with van der Waals surface area (Å²) in [7, 11) is 5.57. The lowest BCUT2D eigenvalue weighted by molar-refractivity contribution is -0.138. The van der Waals surface area contributed by atoms with Crippen LogP contribution in [0.3, 0.4) is 0 Å². The van der Waals surface area contributed by atoms with Gasteiger partial charge in [0.25, 0.3) is 0 Å². The molecule has 2 fully saturated rings. The number of nitrogens with zero attached hydrogens (tertiary/aromatic N) is 3. The number of amides is 1. The topological polar surface area (TPSA) is 47.9 Å². The van der Waals surface area contributed by atoms with Crippen LogP contribution in [-0.2, 0) is 4.79 Å². The molecule has 1 saturated heterocycles. The van der Waals surface area contributed by atoms with E-state index in [1.165, 1.54) is 12.8 Å². The van der Waals surface area contributed by atoms with Gasteiger partial charge in [-0.15, -0.1) is 0 Å². The molecule has 1 atom stereocenters. The summed E-state index contributed by atoms with van der Waals surface area (Å²) in [5.41, 5.74) is -0.235. The lowest BCUT2D eigenvalue weighted by atomic mass is 9.84. The van der Waals surface area contributed by atoms with Crippen LogP contribution in [0, 0.1) is 11.3 Å². The maximum atomic E-state index is 12.6. The second-order valence-corrected chi connectivity index (χ2v) is 7.28. The summed E-state index contributed by atoms with van der Waals surface area (Å²) >= 11 is 0. The van der Waals surface area contributed by atoms with Gasteiger partial charge in [-0.3, -0.25) is 9.79 Å². The van der Waals surface area contributed by atoms with E-state index in [2.05, 4.69) is 22.1 Å². The van der Waals surface area contributed by atoms with Gasteiger partial charge in [0.05, 0.1) is 5.41 Å². The largest absolute Gasteiger partial charge is 0.355 e. The highest BCUT2D eigenvalue weighted by Crippen LogP contribution is 2.39. The average molecular weight is 308 g/mol. The quantitative estimate of drug-likeness (QED) is 0.640. The fourth-order valence-corrected chi connectivity index (χ4v) is 3.95. The van der Waals surface area contributed by atoms with Crippen LogP contribution >= 0.6 is 0 Å². The second kappa shape index (κ2) is 7.34. The fraction of sp³-hybridized carbons (Fsp3) is 0.882. The summed E-state index contributed by atoms with van der Waals surface area (Å²) in [5, 5.41) is 3.51. The minimum atomic E-state index is -0.235. The molecule has 0 aromatic carbocycles. The number of hydrogen-bond donors (Lipinski definition) is 1. The highest BCUT2D eigenvalue weighted by Gasteiger charge is 2.42. The highest BCUT2D eigenvalue weighted by atomic mass is 16.2. The first-order valence-electron chi connectivity index (χ1n) is 8.66. The summed E-state index contributed by atoms with van der Waals surface area (Å²) in [6.45, 7) is 5.14. The zero-order chi connectivity index (χ0) is 16.2. The number of hydrogen-bond acceptors (Lipinski definition) is 2. The molecule has 22 heavy (non-hydrogen) atoms. The number of guanidine groups is 1. The zero-order valence-corrected chi connectivity index (χ0v) is 14.7. The minimum absolute atomic E-state index is 0.235. The number of piperidine rings is 1. The number of rotatable bonds is 3. The number of carbonyl (C=O) groups excluding carboxylic acids is 1. The van der Waals surface area contributed by atoms with Crippen LogP contribution in [0.2, 0.25) is 0 Å². The zero-order valence-electron chi connectivity index (χ0n) is 14.7. The van der Waals surface area contributed by atoms with Crippen LogP contribution in [0.5, 0.6) is 0 Å². The van der Waals surface area contributed by atoms with Crippen LogP contribution in [0.25, 0.3) is 0 Å². The summed E-state index contributed by atoms with van der Waals surface area (Å²) in [6, 6.07) is 0. The molecule has 1 amide bonds. The van der Waals surface area contributed by atoms with Crippen LogP contribution in [0.4, 0.5) is 0 Å². The van der Waals surface area contributed by atoms with Crippen molar-refractivity contribution in [3.8, 4) is 0 Å². The van der Waals surface area contributed by atoms with E-state index in [1.54, 1.807) is 4.90 Å². The van der Waals surface area contributed by atoms with Gasteiger partial charge >= 0.3 is 0 Å².